The largest absolute Gasteiger partial charge is 0.443 e. The molecule has 0 aromatic heterocycles. The quantitative estimate of drug-likeness (QED) is 0.638. The molecule has 3 amide bonds. The van der Waals surface area contributed by atoms with Crippen LogP contribution in [0.2, 0.25) is 0 Å². The summed E-state index contributed by atoms with van der Waals surface area (Å²) in [6, 6.07) is 12.0. The van der Waals surface area contributed by atoms with E-state index in [0.717, 1.165) is 11.1 Å². The number of fused-ring (bicyclic) bond motifs is 1. The van der Waals surface area contributed by atoms with Crippen molar-refractivity contribution in [2.24, 2.45) is 0 Å². The Hall–Kier alpha value is -3.62. The predicted molar refractivity (Wildman–Crippen MR) is 120 cm³/mol. The number of nitrogens with zero attached hydrogens (tertiary/aromatic N) is 1. The summed E-state index contributed by atoms with van der Waals surface area (Å²) >= 11 is 0. The molecule has 2 N–H and O–H groups in total. The molecule has 176 valence electrons. The van der Waals surface area contributed by atoms with Crippen LogP contribution in [0.25, 0.3) is 0 Å². The van der Waals surface area contributed by atoms with Crippen molar-refractivity contribution >= 4 is 23.8 Å². The number of nitrogens with one attached hydrogen (secondary N) is 2. The highest BCUT2D eigenvalue weighted by molar-refractivity contribution is 6.10. The van der Waals surface area contributed by atoms with Crippen LogP contribution in [-0.4, -0.2) is 34.3 Å². The van der Waals surface area contributed by atoms with Gasteiger partial charge in [-0.15, -0.1) is 0 Å². The molecule has 8 nitrogen and oxygen atoms in total. The molecular formula is C24H28FN3O5. The smallest absolute Gasteiger partial charge is 0.431 e. The fourth-order valence-electron chi connectivity index (χ4n) is 3.54. The van der Waals surface area contributed by atoms with Gasteiger partial charge in [0.2, 0.25) is 0 Å². The van der Waals surface area contributed by atoms with Gasteiger partial charge in [-0.2, -0.15) is 5.01 Å². The predicted octanol–water partition coefficient (Wildman–Crippen LogP) is 4.70. The molecule has 3 rings (SSSR count). The second-order valence-electron chi connectivity index (χ2n) is 9.65. The van der Waals surface area contributed by atoms with Gasteiger partial charge in [-0.1, -0.05) is 30.3 Å². The second kappa shape index (κ2) is 8.38. The highest BCUT2D eigenvalue weighted by atomic mass is 19.1. The first-order valence-corrected chi connectivity index (χ1v) is 10.4. The Labute approximate surface area is 192 Å². The zero-order chi connectivity index (χ0) is 24.6. The fraction of sp³-hybridized carbons (Fsp3) is 0.375. The summed E-state index contributed by atoms with van der Waals surface area (Å²) in [4.78, 5) is 39.8. The molecule has 0 bridgehead atoms. The molecule has 1 heterocycles. The minimum atomic E-state index is -1.96. The summed E-state index contributed by atoms with van der Waals surface area (Å²) in [6.45, 7) is 9.91. The SMILES string of the molecule is CC(C)(C)OC(=O)NN(C(=O)OC(C)(C)C)[C@]1(c2ccccc2)C(=O)Nc2ccc(F)cc21. The van der Waals surface area contributed by atoms with Crippen molar-refractivity contribution in [2.75, 3.05) is 5.32 Å². The summed E-state index contributed by atoms with van der Waals surface area (Å²) < 4.78 is 25.2. The Morgan fingerprint density at radius 1 is 0.970 bits per heavy atom. The van der Waals surface area contributed by atoms with Crippen molar-refractivity contribution in [1.29, 1.82) is 0 Å². The molecule has 0 fully saturated rings. The number of hydrazine groups is 1. The maximum absolute atomic E-state index is 14.4. The lowest BCUT2D eigenvalue weighted by molar-refractivity contribution is -0.127. The van der Waals surface area contributed by atoms with E-state index < -0.39 is 40.7 Å². The van der Waals surface area contributed by atoms with Gasteiger partial charge >= 0.3 is 12.2 Å². The highest BCUT2D eigenvalue weighted by Crippen LogP contribution is 2.45. The fourth-order valence-corrected chi connectivity index (χ4v) is 3.54. The molecule has 0 radical (unpaired) electrons. The Balaban J connectivity index is 2.26. The van der Waals surface area contributed by atoms with Crippen LogP contribution in [0.1, 0.15) is 52.7 Å². The van der Waals surface area contributed by atoms with Gasteiger partial charge in [0.05, 0.1) is 0 Å². The standard InChI is InChI=1S/C24H28FN3O5/c1-22(2,3)32-20(30)27-28(21(31)33-23(4,5)6)24(15-10-8-7-9-11-15)17-14-16(25)12-13-18(17)26-19(24)29/h7-14H,1-6H3,(H,26,29)(H,27,30)/t24-/m0/s1. The maximum Gasteiger partial charge on any atom is 0.431 e. The van der Waals surface area contributed by atoms with Gasteiger partial charge in [0.1, 0.15) is 17.0 Å². The van der Waals surface area contributed by atoms with E-state index in [1.807, 2.05) is 0 Å². The first kappa shape index (κ1) is 24.0. The minimum absolute atomic E-state index is 0.139. The number of anilines is 1. The number of rotatable bonds is 2. The summed E-state index contributed by atoms with van der Waals surface area (Å²) in [5.41, 5.74) is -0.668. The van der Waals surface area contributed by atoms with E-state index in [1.54, 1.807) is 71.9 Å². The highest BCUT2D eigenvalue weighted by Gasteiger charge is 2.57. The van der Waals surface area contributed by atoms with Crippen molar-refractivity contribution < 1.29 is 28.2 Å². The summed E-state index contributed by atoms with van der Waals surface area (Å²) in [5.74, 6) is -1.29. The maximum atomic E-state index is 14.4. The molecular weight excluding hydrogens is 429 g/mol. The van der Waals surface area contributed by atoms with E-state index in [1.165, 1.54) is 12.1 Å². The van der Waals surface area contributed by atoms with Crippen molar-refractivity contribution in [3.05, 3.63) is 65.5 Å². The first-order valence-electron chi connectivity index (χ1n) is 10.4. The molecule has 1 aliphatic heterocycles. The average Bonchev–Trinajstić information content (AvgIpc) is 2.96. The molecule has 2 aromatic carbocycles. The van der Waals surface area contributed by atoms with Crippen LogP contribution in [0.4, 0.5) is 19.7 Å². The van der Waals surface area contributed by atoms with Crippen LogP contribution in [0.5, 0.6) is 0 Å². The molecule has 1 aliphatic rings. The van der Waals surface area contributed by atoms with Crippen molar-refractivity contribution in [3.8, 4) is 0 Å². The molecule has 2 aromatic rings. The number of ether oxygens (including phenoxy) is 2. The van der Waals surface area contributed by atoms with Crippen molar-refractivity contribution in [3.63, 3.8) is 0 Å². The van der Waals surface area contributed by atoms with Gasteiger partial charge in [0.25, 0.3) is 5.91 Å². The second-order valence-corrected chi connectivity index (χ2v) is 9.65. The Morgan fingerprint density at radius 3 is 2.15 bits per heavy atom. The lowest BCUT2D eigenvalue weighted by Crippen LogP contribution is -2.62. The summed E-state index contributed by atoms with van der Waals surface area (Å²) in [5, 5.41) is 3.45. The zero-order valence-electron chi connectivity index (χ0n) is 19.5. The normalized spacial score (nSPS) is 17.6. The van der Waals surface area contributed by atoms with Gasteiger partial charge in [-0.3, -0.25) is 4.79 Å². The molecule has 0 saturated carbocycles. The first-order chi connectivity index (χ1) is 15.2. The van der Waals surface area contributed by atoms with Crippen LogP contribution in [0, 0.1) is 5.82 Å². The van der Waals surface area contributed by atoms with Gasteiger partial charge in [-0.25, -0.2) is 19.4 Å². The number of benzene rings is 2. The van der Waals surface area contributed by atoms with E-state index >= 15 is 0 Å². The summed E-state index contributed by atoms with van der Waals surface area (Å²) in [7, 11) is 0. The number of carbonyl (C=O) groups excluding carboxylic acids is 3. The monoisotopic (exact) mass is 457 g/mol. The molecule has 0 unspecified atom stereocenters. The van der Waals surface area contributed by atoms with Crippen LogP contribution in [0.15, 0.2) is 48.5 Å². The van der Waals surface area contributed by atoms with Gasteiger partial charge in [-0.05, 0) is 65.3 Å². The third-order valence-corrected chi connectivity index (χ3v) is 4.65. The number of carbonyl (C=O) groups is 3. The Bertz CT molecular complexity index is 1080. The lowest BCUT2D eigenvalue weighted by atomic mass is 9.83. The number of hydrogen-bond acceptors (Lipinski definition) is 5. The lowest BCUT2D eigenvalue weighted by Gasteiger charge is -2.40. The molecule has 9 heteroatoms. The molecule has 0 saturated heterocycles. The molecule has 1 atom stereocenters. The third kappa shape index (κ3) is 4.92. The van der Waals surface area contributed by atoms with Crippen molar-refractivity contribution in [1.82, 2.24) is 10.4 Å². The summed E-state index contributed by atoms with van der Waals surface area (Å²) in [6.07, 6.45) is -2.01. The van der Waals surface area contributed by atoms with Gasteiger partial charge in [0, 0.05) is 11.3 Å². The third-order valence-electron chi connectivity index (χ3n) is 4.65. The van der Waals surface area contributed by atoms with Crippen molar-refractivity contribution in [2.45, 2.75) is 58.3 Å². The van der Waals surface area contributed by atoms with Crippen LogP contribution >= 0.6 is 0 Å². The van der Waals surface area contributed by atoms with Crippen LogP contribution < -0.4 is 10.7 Å². The molecule has 0 aliphatic carbocycles. The number of hydrogen-bond donors (Lipinski definition) is 2. The van der Waals surface area contributed by atoms with Gasteiger partial charge in [0.15, 0.2) is 5.54 Å². The Kier molecular flexibility index (Phi) is 6.10. The molecule has 0 spiro atoms. The number of halogens is 1. The average molecular weight is 458 g/mol. The van der Waals surface area contributed by atoms with E-state index in [2.05, 4.69) is 10.7 Å². The van der Waals surface area contributed by atoms with Crippen LogP contribution in [0.3, 0.4) is 0 Å². The minimum Gasteiger partial charge on any atom is -0.443 e. The van der Waals surface area contributed by atoms with E-state index in [-0.39, 0.29) is 5.56 Å². The zero-order valence-corrected chi connectivity index (χ0v) is 19.5. The topological polar surface area (TPSA) is 97.0 Å². The van der Waals surface area contributed by atoms with E-state index in [0.29, 0.717) is 11.3 Å². The van der Waals surface area contributed by atoms with E-state index in [4.69, 9.17) is 9.47 Å². The Morgan fingerprint density at radius 2 is 1.58 bits per heavy atom. The van der Waals surface area contributed by atoms with E-state index in [9.17, 15) is 18.8 Å². The number of amides is 3. The van der Waals surface area contributed by atoms with Gasteiger partial charge < -0.3 is 14.8 Å². The molecule has 33 heavy (non-hydrogen) atoms. The van der Waals surface area contributed by atoms with Crippen LogP contribution in [-0.2, 0) is 19.8 Å².